The summed E-state index contributed by atoms with van der Waals surface area (Å²) in [5.74, 6) is 1.35. The van der Waals surface area contributed by atoms with Crippen LogP contribution in [0.4, 0.5) is 0 Å². The molecule has 0 atom stereocenters. The number of fused-ring (bicyclic) bond motifs is 9. The third-order valence-corrected chi connectivity index (χ3v) is 10.5. The molecule has 0 bridgehead atoms. The van der Waals surface area contributed by atoms with E-state index < -0.39 is 0 Å². The van der Waals surface area contributed by atoms with E-state index in [1.807, 2.05) is 29.8 Å². The van der Waals surface area contributed by atoms with E-state index in [-0.39, 0.29) is 0 Å². The third kappa shape index (κ3) is 4.66. The van der Waals surface area contributed by atoms with Crippen molar-refractivity contribution in [1.82, 2.24) is 19.9 Å². The molecule has 7 aromatic carbocycles. The van der Waals surface area contributed by atoms with Gasteiger partial charge in [-0.15, -0.1) is 11.3 Å². The summed E-state index contributed by atoms with van der Waals surface area (Å²) in [5, 5.41) is 6.62. The van der Waals surface area contributed by atoms with Crippen LogP contribution in [0.25, 0.3) is 97.8 Å². The van der Waals surface area contributed by atoms with Gasteiger partial charge in [-0.3, -0.25) is 0 Å². The molecule has 3 heterocycles. The molecular weight excluding hydrogens is 617 g/mol. The summed E-state index contributed by atoms with van der Waals surface area (Å²) in [4.78, 5) is 20.3. The SMILES string of the molecule is c1ccc(-c2ccc(-c3cccc(-c4ncc5c6ccccc6c6cnc(-c7ccc8sc9ccccc9c8c7)nc6c5n4)c3)cc2)cc1. The van der Waals surface area contributed by atoms with Gasteiger partial charge in [-0.2, -0.15) is 0 Å². The van der Waals surface area contributed by atoms with Gasteiger partial charge >= 0.3 is 0 Å². The van der Waals surface area contributed by atoms with Crippen molar-refractivity contribution in [1.29, 1.82) is 0 Å². The lowest BCUT2D eigenvalue weighted by Crippen LogP contribution is -1.96. The van der Waals surface area contributed by atoms with Crippen LogP contribution in [0, 0.1) is 0 Å². The Morgan fingerprint density at radius 2 is 0.816 bits per heavy atom. The van der Waals surface area contributed by atoms with Crippen LogP contribution < -0.4 is 0 Å². The molecule has 0 saturated heterocycles. The zero-order chi connectivity index (χ0) is 32.3. The van der Waals surface area contributed by atoms with E-state index in [2.05, 4.69) is 140 Å². The van der Waals surface area contributed by atoms with Gasteiger partial charge in [0.05, 0.1) is 0 Å². The van der Waals surface area contributed by atoms with Crippen molar-refractivity contribution in [2.45, 2.75) is 0 Å². The molecule has 0 saturated carbocycles. The zero-order valence-electron chi connectivity index (χ0n) is 26.2. The largest absolute Gasteiger partial charge is 0.236 e. The van der Waals surface area contributed by atoms with E-state index in [1.54, 1.807) is 0 Å². The van der Waals surface area contributed by atoms with Gasteiger partial charge in [0.15, 0.2) is 11.6 Å². The molecule has 0 spiro atoms. The molecule has 228 valence electrons. The van der Waals surface area contributed by atoms with Gasteiger partial charge in [0.2, 0.25) is 0 Å². The molecule has 3 aromatic heterocycles. The van der Waals surface area contributed by atoms with Crippen molar-refractivity contribution in [3.05, 3.63) is 158 Å². The molecule has 0 aliphatic carbocycles. The average molecular weight is 643 g/mol. The van der Waals surface area contributed by atoms with Crippen LogP contribution in [0.1, 0.15) is 0 Å². The average Bonchev–Trinajstić information content (AvgIpc) is 3.56. The first-order valence-corrected chi connectivity index (χ1v) is 17.1. The molecule has 10 rings (SSSR count). The smallest absolute Gasteiger partial charge is 0.159 e. The van der Waals surface area contributed by atoms with E-state index in [9.17, 15) is 0 Å². The maximum atomic E-state index is 5.23. The second-order valence-electron chi connectivity index (χ2n) is 12.3. The number of aromatic nitrogens is 4. The van der Waals surface area contributed by atoms with Crippen LogP contribution in [0.15, 0.2) is 158 Å². The van der Waals surface area contributed by atoms with Gasteiger partial charge in [-0.25, -0.2) is 19.9 Å². The van der Waals surface area contributed by atoms with Crippen molar-refractivity contribution in [2.24, 2.45) is 0 Å². The minimum Gasteiger partial charge on any atom is -0.236 e. The van der Waals surface area contributed by atoms with E-state index >= 15 is 0 Å². The Labute approximate surface area is 286 Å². The topological polar surface area (TPSA) is 51.6 Å². The summed E-state index contributed by atoms with van der Waals surface area (Å²) >= 11 is 1.81. The van der Waals surface area contributed by atoms with Crippen molar-refractivity contribution >= 4 is 64.1 Å². The minimum absolute atomic E-state index is 0.665. The number of rotatable bonds is 4. The highest BCUT2D eigenvalue weighted by atomic mass is 32.1. The zero-order valence-corrected chi connectivity index (χ0v) is 27.0. The predicted octanol–water partition coefficient (Wildman–Crippen LogP) is 11.8. The lowest BCUT2D eigenvalue weighted by molar-refractivity contribution is 1.21. The number of thiophene rings is 1. The lowest BCUT2D eigenvalue weighted by atomic mass is 9.99. The van der Waals surface area contributed by atoms with Gasteiger partial charge in [0, 0.05) is 54.5 Å². The predicted molar refractivity (Wildman–Crippen MR) is 205 cm³/mol. The van der Waals surface area contributed by atoms with Gasteiger partial charge in [-0.1, -0.05) is 115 Å². The summed E-state index contributed by atoms with van der Waals surface area (Å²) < 4.78 is 2.54. The lowest BCUT2D eigenvalue weighted by Gasteiger charge is -2.11. The van der Waals surface area contributed by atoms with Crippen LogP contribution in [0.3, 0.4) is 0 Å². The first-order valence-electron chi connectivity index (χ1n) is 16.3. The van der Waals surface area contributed by atoms with E-state index in [1.165, 1.54) is 31.3 Å². The first kappa shape index (κ1) is 27.8. The number of benzene rings is 7. The number of nitrogens with zero attached hydrogens (tertiary/aromatic N) is 4. The molecule has 5 heteroatoms. The van der Waals surface area contributed by atoms with E-state index in [4.69, 9.17) is 19.9 Å². The van der Waals surface area contributed by atoms with Crippen LogP contribution in [-0.4, -0.2) is 19.9 Å². The number of hydrogen-bond acceptors (Lipinski definition) is 5. The quantitative estimate of drug-likeness (QED) is 0.179. The highest BCUT2D eigenvalue weighted by molar-refractivity contribution is 7.25. The van der Waals surface area contributed by atoms with Crippen LogP contribution >= 0.6 is 11.3 Å². The van der Waals surface area contributed by atoms with Gasteiger partial charge in [0.25, 0.3) is 0 Å². The van der Waals surface area contributed by atoms with Crippen molar-refractivity contribution in [2.75, 3.05) is 0 Å². The Morgan fingerprint density at radius 1 is 0.327 bits per heavy atom. The van der Waals surface area contributed by atoms with E-state index in [0.717, 1.165) is 54.8 Å². The molecule has 4 nitrogen and oxygen atoms in total. The summed E-state index contributed by atoms with van der Waals surface area (Å²) in [6, 6.07) is 51.1. The minimum atomic E-state index is 0.665. The maximum absolute atomic E-state index is 5.23. The molecule has 49 heavy (non-hydrogen) atoms. The Morgan fingerprint density at radius 3 is 1.51 bits per heavy atom. The Hall–Kier alpha value is -6.30. The third-order valence-electron chi connectivity index (χ3n) is 9.39. The maximum Gasteiger partial charge on any atom is 0.159 e. The molecule has 0 N–H and O–H groups in total. The molecule has 0 radical (unpaired) electrons. The fourth-order valence-electron chi connectivity index (χ4n) is 6.94. The fraction of sp³-hybridized carbons (Fsp3) is 0. The van der Waals surface area contributed by atoms with Gasteiger partial charge < -0.3 is 0 Å². The summed E-state index contributed by atoms with van der Waals surface area (Å²) in [6.45, 7) is 0. The summed E-state index contributed by atoms with van der Waals surface area (Å²) in [6.07, 6.45) is 3.91. The molecule has 0 aliphatic heterocycles. The first-order chi connectivity index (χ1) is 24.3. The van der Waals surface area contributed by atoms with Crippen molar-refractivity contribution < 1.29 is 0 Å². The molecule has 0 unspecified atom stereocenters. The second-order valence-corrected chi connectivity index (χ2v) is 13.4. The van der Waals surface area contributed by atoms with Gasteiger partial charge in [0.1, 0.15) is 11.0 Å². The Balaban J connectivity index is 1.11. The summed E-state index contributed by atoms with van der Waals surface area (Å²) in [5.41, 5.74) is 8.25. The number of hydrogen-bond donors (Lipinski definition) is 0. The van der Waals surface area contributed by atoms with Crippen molar-refractivity contribution in [3.8, 4) is 45.0 Å². The molecular formula is C44H26N4S. The fourth-order valence-corrected chi connectivity index (χ4v) is 8.03. The van der Waals surface area contributed by atoms with Gasteiger partial charge in [-0.05, 0) is 63.4 Å². The van der Waals surface area contributed by atoms with Crippen molar-refractivity contribution in [3.63, 3.8) is 0 Å². The molecule has 10 aromatic rings. The highest BCUT2D eigenvalue weighted by Crippen LogP contribution is 2.38. The monoisotopic (exact) mass is 642 g/mol. The normalized spacial score (nSPS) is 11.7. The summed E-state index contributed by atoms with van der Waals surface area (Å²) in [7, 11) is 0. The standard InChI is InChI=1S/C44H26N4S/c1-2-9-27(10-3-1)28-17-19-29(20-18-28)30-11-8-12-31(23-30)43-45-25-37-33-13-4-5-14-34(33)38-26-46-44(48-42(38)41(37)47-43)32-21-22-40-36(24-32)35-15-6-7-16-39(35)49-40/h1-26H. The van der Waals surface area contributed by atoms with Crippen LogP contribution in [-0.2, 0) is 0 Å². The second kappa shape index (κ2) is 11.2. The van der Waals surface area contributed by atoms with Crippen LogP contribution in [0.2, 0.25) is 0 Å². The molecule has 0 aliphatic rings. The Bertz CT molecular complexity index is 2880. The highest BCUT2D eigenvalue weighted by Gasteiger charge is 2.16. The Kier molecular flexibility index (Phi) is 6.32. The molecule has 0 fully saturated rings. The van der Waals surface area contributed by atoms with E-state index in [0.29, 0.717) is 11.6 Å². The molecule has 0 amide bonds. The van der Waals surface area contributed by atoms with Crippen LogP contribution in [0.5, 0.6) is 0 Å².